The highest BCUT2D eigenvalue weighted by Gasteiger charge is 2.14. The Bertz CT molecular complexity index is 1260. The predicted molar refractivity (Wildman–Crippen MR) is 104 cm³/mol. The second-order valence-corrected chi connectivity index (χ2v) is 6.82. The Labute approximate surface area is 159 Å². The van der Waals surface area contributed by atoms with Gasteiger partial charge in [-0.05, 0) is 55.3 Å². The van der Waals surface area contributed by atoms with Crippen LogP contribution in [0.1, 0.15) is 11.1 Å². The van der Waals surface area contributed by atoms with Gasteiger partial charge in [0.25, 0.3) is 0 Å². The standard InChI is InChI=1S/C19H16ClN5O2/c1-11-3-5-14(7-12(11)2)22-17(26)9-25-19(27)24-10-21-16-8-13(20)4-6-15(16)18(24)23-25/h3-8,10H,9H2,1-2H3,(H,22,26). The second-order valence-electron chi connectivity index (χ2n) is 6.39. The van der Waals surface area contributed by atoms with Gasteiger partial charge in [0.2, 0.25) is 5.91 Å². The molecule has 2 aromatic heterocycles. The van der Waals surface area contributed by atoms with E-state index in [-0.39, 0.29) is 12.5 Å². The molecule has 0 radical (unpaired) electrons. The van der Waals surface area contributed by atoms with Crippen molar-refractivity contribution in [2.24, 2.45) is 0 Å². The van der Waals surface area contributed by atoms with Gasteiger partial charge in [-0.2, -0.15) is 0 Å². The molecule has 0 spiro atoms. The average molecular weight is 382 g/mol. The fourth-order valence-electron chi connectivity index (χ4n) is 2.89. The van der Waals surface area contributed by atoms with Crippen LogP contribution in [0.3, 0.4) is 0 Å². The molecule has 0 aliphatic carbocycles. The maximum atomic E-state index is 12.5. The maximum absolute atomic E-state index is 12.5. The number of carbonyl (C=O) groups excluding carboxylic acids is 1. The first-order valence-corrected chi connectivity index (χ1v) is 8.71. The zero-order valence-electron chi connectivity index (χ0n) is 14.7. The summed E-state index contributed by atoms with van der Waals surface area (Å²) >= 11 is 5.99. The van der Waals surface area contributed by atoms with Gasteiger partial charge in [0.05, 0.1) is 5.52 Å². The van der Waals surface area contributed by atoms with Gasteiger partial charge in [0.1, 0.15) is 12.9 Å². The molecule has 0 saturated carbocycles. The fourth-order valence-corrected chi connectivity index (χ4v) is 3.05. The molecule has 0 aliphatic rings. The third-order valence-corrected chi connectivity index (χ3v) is 4.70. The van der Waals surface area contributed by atoms with Gasteiger partial charge in [-0.1, -0.05) is 17.7 Å². The van der Waals surface area contributed by atoms with E-state index < -0.39 is 5.69 Å². The first kappa shape index (κ1) is 17.2. The van der Waals surface area contributed by atoms with E-state index in [4.69, 9.17) is 11.6 Å². The molecule has 2 heterocycles. The molecule has 7 nitrogen and oxygen atoms in total. The van der Waals surface area contributed by atoms with E-state index in [2.05, 4.69) is 15.4 Å². The summed E-state index contributed by atoms with van der Waals surface area (Å²) in [6, 6.07) is 10.8. The van der Waals surface area contributed by atoms with Crippen molar-refractivity contribution in [3.8, 4) is 0 Å². The Morgan fingerprint density at radius 3 is 2.74 bits per heavy atom. The molecule has 0 aliphatic heterocycles. The molecule has 0 bridgehead atoms. The van der Waals surface area contributed by atoms with Gasteiger partial charge in [0.15, 0.2) is 5.65 Å². The number of amides is 1. The van der Waals surface area contributed by atoms with E-state index >= 15 is 0 Å². The number of hydrogen-bond acceptors (Lipinski definition) is 4. The third kappa shape index (κ3) is 3.17. The van der Waals surface area contributed by atoms with Crippen LogP contribution < -0.4 is 11.0 Å². The Hall–Kier alpha value is -3.19. The molecule has 0 atom stereocenters. The zero-order valence-corrected chi connectivity index (χ0v) is 15.5. The molecule has 0 fully saturated rings. The number of aryl methyl sites for hydroxylation is 2. The number of carbonyl (C=O) groups is 1. The number of halogens is 1. The summed E-state index contributed by atoms with van der Waals surface area (Å²) in [5, 5.41) is 8.34. The molecule has 8 heteroatoms. The molecule has 1 amide bonds. The molecule has 4 rings (SSSR count). The first-order chi connectivity index (χ1) is 12.9. The molecule has 136 valence electrons. The van der Waals surface area contributed by atoms with Crippen molar-refractivity contribution >= 4 is 39.7 Å². The summed E-state index contributed by atoms with van der Waals surface area (Å²) < 4.78 is 2.45. The molecule has 2 aromatic carbocycles. The lowest BCUT2D eigenvalue weighted by atomic mass is 10.1. The quantitative estimate of drug-likeness (QED) is 0.591. The van der Waals surface area contributed by atoms with E-state index in [1.165, 1.54) is 10.7 Å². The Morgan fingerprint density at radius 2 is 1.96 bits per heavy atom. The molecule has 1 N–H and O–H groups in total. The van der Waals surface area contributed by atoms with Gasteiger partial charge in [-0.3, -0.25) is 4.79 Å². The van der Waals surface area contributed by atoms with Gasteiger partial charge in [0, 0.05) is 16.1 Å². The number of nitrogens with zero attached hydrogens (tertiary/aromatic N) is 4. The molecule has 0 saturated heterocycles. The van der Waals surface area contributed by atoms with Gasteiger partial charge in [-0.15, -0.1) is 5.10 Å². The highest BCUT2D eigenvalue weighted by molar-refractivity contribution is 6.31. The number of hydrogen-bond donors (Lipinski definition) is 1. The minimum Gasteiger partial charge on any atom is -0.324 e. The van der Waals surface area contributed by atoms with Crippen molar-refractivity contribution in [2.75, 3.05) is 5.32 Å². The monoisotopic (exact) mass is 381 g/mol. The van der Waals surface area contributed by atoms with E-state index in [1.54, 1.807) is 18.2 Å². The van der Waals surface area contributed by atoms with Crippen LogP contribution >= 0.6 is 11.6 Å². The zero-order chi connectivity index (χ0) is 19.1. The number of rotatable bonds is 3. The minimum atomic E-state index is -0.426. The van der Waals surface area contributed by atoms with Crippen molar-refractivity contribution < 1.29 is 4.79 Å². The maximum Gasteiger partial charge on any atom is 0.352 e. The van der Waals surface area contributed by atoms with E-state index in [9.17, 15) is 9.59 Å². The molecule has 4 aromatic rings. The van der Waals surface area contributed by atoms with Gasteiger partial charge in [-0.25, -0.2) is 18.9 Å². The number of benzene rings is 2. The normalized spacial score (nSPS) is 11.2. The lowest BCUT2D eigenvalue weighted by Gasteiger charge is -2.07. The summed E-state index contributed by atoms with van der Waals surface area (Å²) in [4.78, 5) is 29.1. The lowest BCUT2D eigenvalue weighted by Crippen LogP contribution is -2.28. The van der Waals surface area contributed by atoms with Crippen LogP contribution in [0, 0.1) is 13.8 Å². The van der Waals surface area contributed by atoms with Crippen molar-refractivity contribution in [3.05, 3.63) is 69.4 Å². The smallest absolute Gasteiger partial charge is 0.324 e. The Morgan fingerprint density at radius 1 is 1.15 bits per heavy atom. The van der Waals surface area contributed by atoms with Gasteiger partial charge >= 0.3 is 5.69 Å². The summed E-state index contributed by atoms with van der Waals surface area (Å²) in [7, 11) is 0. The van der Waals surface area contributed by atoms with Crippen LogP contribution in [-0.2, 0) is 11.3 Å². The van der Waals surface area contributed by atoms with E-state index in [0.717, 1.165) is 15.8 Å². The SMILES string of the molecule is Cc1ccc(NC(=O)Cn2nc3c4ccc(Cl)cc4ncn3c2=O)cc1C. The van der Waals surface area contributed by atoms with Crippen LogP contribution in [0.25, 0.3) is 16.6 Å². The fraction of sp³-hybridized carbons (Fsp3) is 0.158. The Balaban J connectivity index is 1.66. The highest BCUT2D eigenvalue weighted by Crippen LogP contribution is 2.20. The number of nitrogens with one attached hydrogen (secondary N) is 1. The minimum absolute atomic E-state index is 0.192. The van der Waals surface area contributed by atoms with Crippen molar-refractivity contribution in [2.45, 2.75) is 20.4 Å². The number of aromatic nitrogens is 4. The van der Waals surface area contributed by atoms with Crippen LogP contribution in [-0.4, -0.2) is 25.1 Å². The average Bonchev–Trinajstić information content (AvgIpc) is 2.94. The highest BCUT2D eigenvalue weighted by atomic mass is 35.5. The van der Waals surface area contributed by atoms with Crippen LogP contribution in [0.5, 0.6) is 0 Å². The van der Waals surface area contributed by atoms with E-state index in [0.29, 0.717) is 27.3 Å². The lowest BCUT2D eigenvalue weighted by molar-refractivity contribution is -0.117. The number of fused-ring (bicyclic) bond motifs is 3. The molecular weight excluding hydrogens is 366 g/mol. The largest absolute Gasteiger partial charge is 0.352 e. The van der Waals surface area contributed by atoms with Gasteiger partial charge < -0.3 is 5.32 Å². The Kier molecular flexibility index (Phi) is 4.16. The predicted octanol–water partition coefficient (Wildman–Crippen LogP) is 2.95. The summed E-state index contributed by atoms with van der Waals surface area (Å²) in [5.41, 5.74) is 3.54. The number of anilines is 1. The summed E-state index contributed by atoms with van der Waals surface area (Å²) in [5.74, 6) is -0.330. The molecular formula is C19H16ClN5O2. The van der Waals surface area contributed by atoms with E-state index in [1.807, 2.05) is 32.0 Å². The second kappa shape index (κ2) is 6.51. The topological polar surface area (TPSA) is 81.3 Å². The summed E-state index contributed by atoms with van der Waals surface area (Å²) in [6.07, 6.45) is 1.39. The molecule has 27 heavy (non-hydrogen) atoms. The van der Waals surface area contributed by atoms with Crippen LogP contribution in [0.15, 0.2) is 47.5 Å². The van der Waals surface area contributed by atoms with Crippen molar-refractivity contribution in [3.63, 3.8) is 0 Å². The first-order valence-electron chi connectivity index (χ1n) is 8.33. The van der Waals surface area contributed by atoms with Crippen LogP contribution in [0.2, 0.25) is 5.02 Å². The third-order valence-electron chi connectivity index (χ3n) is 4.47. The van der Waals surface area contributed by atoms with Crippen LogP contribution in [0.4, 0.5) is 5.69 Å². The van der Waals surface area contributed by atoms with Crippen molar-refractivity contribution in [1.29, 1.82) is 0 Å². The summed E-state index contributed by atoms with van der Waals surface area (Å²) in [6.45, 7) is 3.78. The van der Waals surface area contributed by atoms with Crippen molar-refractivity contribution in [1.82, 2.24) is 19.2 Å². The molecule has 0 unspecified atom stereocenters.